The van der Waals surface area contributed by atoms with E-state index in [2.05, 4.69) is 9.97 Å². The maximum atomic E-state index is 13.1. The highest BCUT2D eigenvalue weighted by Gasteiger charge is 2.32. The van der Waals surface area contributed by atoms with Crippen molar-refractivity contribution in [3.8, 4) is 11.1 Å². The van der Waals surface area contributed by atoms with Crippen LogP contribution in [0.2, 0.25) is 5.02 Å². The molecule has 12 heteroatoms. The van der Waals surface area contributed by atoms with E-state index in [9.17, 15) is 18.4 Å². The molecule has 3 heterocycles. The van der Waals surface area contributed by atoms with Gasteiger partial charge in [0.25, 0.3) is 15.9 Å². The third kappa shape index (κ3) is 4.53. The molecule has 4 aromatic rings. The number of pyridine rings is 1. The lowest BCUT2D eigenvalue weighted by molar-refractivity contribution is -0.613. The molecular formula is C24H23ClN6O4S. The molecule has 0 aliphatic carbocycles. The van der Waals surface area contributed by atoms with Gasteiger partial charge in [0.1, 0.15) is 0 Å². The summed E-state index contributed by atoms with van der Waals surface area (Å²) in [5.41, 5.74) is 9.30. The fourth-order valence-electron chi connectivity index (χ4n) is 4.19. The maximum Gasteiger partial charge on any atom is 0.276 e. The number of nitrogens with zero attached hydrogens (tertiary/aromatic N) is 4. The predicted molar refractivity (Wildman–Crippen MR) is 134 cm³/mol. The van der Waals surface area contributed by atoms with E-state index < -0.39 is 10.0 Å². The van der Waals surface area contributed by atoms with Crippen LogP contribution in [0.3, 0.4) is 0 Å². The molecule has 2 aromatic carbocycles. The number of hydrogen-bond acceptors (Lipinski definition) is 6. The Hall–Kier alpha value is -3.51. The van der Waals surface area contributed by atoms with Crippen LogP contribution in [0.15, 0.2) is 66.0 Å². The standard InChI is InChI=1S/C24H23ClN6O4S/c25-19-5-6-21-22(14-19)28-24(27-21)36(34,35)30-11-9-29(10-12-30)23(32)17-3-1-16(2-4-17)18-7-8-31(33)20(13-18)15-26/h1-8,13-14H,9-12,15,26H2,(H,27,28). The van der Waals surface area contributed by atoms with Gasteiger partial charge < -0.3 is 20.8 Å². The third-order valence-corrected chi connectivity index (χ3v) is 8.16. The van der Waals surface area contributed by atoms with Gasteiger partial charge in [0, 0.05) is 48.9 Å². The Kier molecular flexibility index (Phi) is 6.39. The molecule has 1 aliphatic rings. The van der Waals surface area contributed by atoms with E-state index in [0.29, 0.717) is 27.3 Å². The Bertz CT molecular complexity index is 1550. The first-order chi connectivity index (χ1) is 17.3. The lowest BCUT2D eigenvalue weighted by Crippen LogP contribution is -2.50. The summed E-state index contributed by atoms with van der Waals surface area (Å²) in [6.45, 7) is 0.957. The molecule has 3 N–H and O–H groups in total. The molecule has 1 aliphatic heterocycles. The zero-order valence-electron chi connectivity index (χ0n) is 19.1. The molecule has 186 valence electrons. The van der Waals surface area contributed by atoms with Crippen LogP contribution < -0.4 is 10.5 Å². The number of fused-ring (bicyclic) bond motifs is 1. The first-order valence-corrected chi connectivity index (χ1v) is 13.1. The molecule has 5 rings (SSSR count). The van der Waals surface area contributed by atoms with E-state index in [1.54, 1.807) is 47.4 Å². The first-order valence-electron chi connectivity index (χ1n) is 11.2. The Morgan fingerprint density at radius 2 is 1.78 bits per heavy atom. The quantitative estimate of drug-likeness (QED) is 0.301. The summed E-state index contributed by atoms with van der Waals surface area (Å²) in [5, 5.41) is 12.0. The molecule has 0 bridgehead atoms. The summed E-state index contributed by atoms with van der Waals surface area (Å²) < 4.78 is 28.2. The summed E-state index contributed by atoms with van der Waals surface area (Å²) in [7, 11) is -3.84. The van der Waals surface area contributed by atoms with Gasteiger partial charge in [-0.2, -0.15) is 9.04 Å². The van der Waals surface area contributed by atoms with Crippen molar-refractivity contribution in [2.75, 3.05) is 26.2 Å². The first kappa shape index (κ1) is 24.2. The molecule has 0 atom stereocenters. The van der Waals surface area contributed by atoms with Gasteiger partial charge in [0.15, 0.2) is 6.20 Å². The molecule has 0 spiro atoms. The Balaban J connectivity index is 1.26. The lowest BCUT2D eigenvalue weighted by atomic mass is 10.0. The van der Waals surface area contributed by atoms with Gasteiger partial charge in [-0.3, -0.25) is 4.79 Å². The van der Waals surface area contributed by atoms with Gasteiger partial charge in [-0.1, -0.05) is 23.7 Å². The number of H-pyrrole nitrogens is 1. The molecule has 1 amide bonds. The number of carbonyl (C=O) groups excluding carboxylic acids is 1. The van der Waals surface area contributed by atoms with Crippen molar-refractivity contribution in [3.05, 3.63) is 82.3 Å². The second-order valence-electron chi connectivity index (χ2n) is 8.41. The van der Waals surface area contributed by atoms with Crippen LogP contribution in [0.1, 0.15) is 16.1 Å². The van der Waals surface area contributed by atoms with E-state index in [0.717, 1.165) is 15.9 Å². The molecule has 36 heavy (non-hydrogen) atoms. The monoisotopic (exact) mass is 526 g/mol. The summed E-state index contributed by atoms with van der Waals surface area (Å²) in [6.07, 6.45) is 1.41. The van der Waals surface area contributed by atoms with Gasteiger partial charge in [-0.15, -0.1) is 0 Å². The van der Waals surface area contributed by atoms with E-state index in [-0.39, 0.29) is 43.8 Å². The van der Waals surface area contributed by atoms with Gasteiger partial charge in [0.05, 0.1) is 17.6 Å². The van der Waals surface area contributed by atoms with Crippen LogP contribution in [0.5, 0.6) is 0 Å². The van der Waals surface area contributed by atoms with E-state index in [1.807, 2.05) is 12.1 Å². The number of halogens is 1. The maximum absolute atomic E-state index is 13.1. The molecule has 2 aromatic heterocycles. The van der Waals surface area contributed by atoms with E-state index >= 15 is 0 Å². The fourth-order valence-corrected chi connectivity index (χ4v) is 5.70. The highest BCUT2D eigenvalue weighted by atomic mass is 35.5. The van der Waals surface area contributed by atoms with Crippen molar-refractivity contribution < 1.29 is 17.9 Å². The lowest BCUT2D eigenvalue weighted by Gasteiger charge is -2.33. The molecule has 0 saturated carbocycles. The minimum Gasteiger partial charge on any atom is -0.618 e. The number of rotatable bonds is 5. The Labute approximate surface area is 212 Å². The zero-order chi connectivity index (χ0) is 25.4. The second-order valence-corrected chi connectivity index (χ2v) is 10.7. The number of imidazole rings is 1. The van der Waals surface area contributed by atoms with Crippen LogP contribution in [-0.2, 0) is 16.6 Å². The van der Waals surface area contributed by atoms with Crippen LogP contribution >= 0.6 is 11.6 Å². The molecular weight excluding hydrogens is 504 g/mol. The van der Waals surface area contributed by atoms with Gasteiger partial charge in [-0.05, 0) is 41.5 Å². The topological polar surface area (TPSA) is 139 Å². The Morgan fingerprint density at radius 1 is 1.06 bits per heavy atom. The van der Waals surface area contributed by atoms with Crippen molar-refractivity contribution in [2.24, 2.45) is 5.73 Å². The number of piperazine rings is 1. The van der Waals surface area contributed by atoms with Crippen molar-refractivity contribution in [1.82, 2.24) is 19.2 Å². The molecule has 0 radical (unpaired) electrons. The van der Waals surface area contributed by atoms with Crippen molar-refractivity contribution in [1.29, 1.82) is 0 Å². The highest BCUT2D eigenvalue weighted by molar-refractivity contribution is 7.89. The van der Waals surface area contributed by atoms with Crippen LogP contribution in [-0.4, -0.2) is 59.7 Å². The van der Waals surface area contributed by atoms with Crippen LogP contribution in [0.25, 0.3) is 22.2 Å². The van der Waals surface area contributed by atoms with E-state index in [1.165, 1.54) is 10.5 Å². The second kappa shape index (κ2) is 9.51. The van der Waals surface area contributed by atoms with E-state index in [4.69, 9.17) is 17.3 Å². The number of amides is 1. The minimum atomic E-state index is -3.84. The number of sulfonamides is 1. The third-order valence-electron chi connectivity index (χ3n) is 6.20. The molecule has 1 fully saturated rings. The van der Waals surface area contributed by atoms with Crippen molar-refractivity contribution in [3.63, 3.8) is 0 Å². The number of aromatic amines is 1. The molecule has 0 unspecified atom stereocenters. The largest absolute Gasteiger partial charge is 0.618 e. The number of nitrogens with one attached hydrogen (secondary N) is 1. The van der Waals surface area contributed by atoms with Crippen molar-refractivity contribution in [2.45, 2.75) is 11.7 Å². The average molecular weight is 527 g/mol. The normalized spacial score (nSPS) is 14.9. The Morgan fingerprint density at radius 3 is 2.47 bits per heavy atom. The summed E-state index contributed by atoms with van der Waals surface area (Å²) in [4.78, 5) is 21.7. The van der Waals surface area contributed by atoms with Gasteiger partial charge in [-0.25, -0.2) is 13.4 Å². The summed E-state index contributed by atoms with van der Waals surface area (Å²) in [5.74, 6) is -0.176. The fraction of sp³-hybridized carbons (Fsp3) is 0.208. The number of carbonyl (C=O) groups is 1. The average Bonchev–Trinajstić information content (AvgIpc) is 3.33. The van der Waals surface area contributed by atoms with Gasteiger partial charge in [0.2, 0.25) is 10.9 Å². The SMILES string of the molecule is NCc1cc(-c2ccc(C(=O)N3CCN(S(=O)(=O)c4nc5ccc(Cl)cc5[nH]4)CC3)cc2)cc[n+]1[O-]. The zero-order valence-corrected chi connectivity index (χ0v) is 20.7. The molecule has 1 saturated heterocycles. The van der Waals surface area contributed by atoms with Crippen molar-refractivity contribution >= 4 is 38.6 Å². The summed E-state index contributed by atoms with van der Waals surface area (Å²) in [6, 6.07) is 15.4. The smallest absolute Gasteiger partial charge is 0.276 e. The molecule has 10 nitrogen and oxygen atoms in total. The van der Waals surface area contributed by atoms with Gasteiger partial charge >= 0.3 is 0 Å². The minimum absolute atomic E-state index is 0.125. The van der Waals surface area contributed by atoms with Crippen LogP contribution in [0, 0.1) is 5.21 Å². The number of nitrogens with two attached hydrogens (primary N) is 1. The number of benzene rings is 2. The number of hydrogen-bond donors (Lipinski definition) is 2. The number of aromatic nitrogens is 3. The predicted octanol–water partition coefficient (Wildman–Crippen LogP) is 2.12. The highest BCUT2D eigenvalue weighted by Crippen LogP contribution is 2.23. The van der Waals surface area contributed by atoms with Crippen LogP contribution in [0.4, 0.5) is 0 Å². The summed E-state index contributed by atoms with van der Waals surface area (Å²) >= 11 is 5.98.